The number of carbonyl (C=O) groups is 1. The van der Waals surface area contributed by atoms with E-state index in [0.29, 0.717) is 24.8 Å². The monoisotopic (exact) mass is 272 g/mol. The Kier molecular flexibility index (Phi) is 3.10. The summed E-state index contributed by atoms with van der Waals surface area (Å²) in [5.41, 5.74) is 0. The normalized spacial score (nSPS) is 38.3. The molecule has 0 radical (unpaired) electrons. The molecule has 0 aromatic heterocycles. The van der Waals surface area contributed by atoms with Gasteiger partial charge < -0.3 is 10.2 Å². The van der Waals surface area contributed by atoms with Crippen LogP contribution in [0.5, 0.6) is 0 Å². The molecule has 0 aromatic carbocycles. The smallest absolute Gasteiger partial charge is 0.224 e. The van der Waals surface area contributed by atoms with E-state index in [9.17, 15) is 13.2 Å². The zero-order valence-corrected chi connectivity index (χ0v) is 11.3. The fourth-order valence-corrected chi connectivity index (χ4v) is 5.32. The maximum absolute atomic E-state index is 11.8. The first-order valence-corrected chi connectivity index (χ1v) is 8.54. The molecule has 0 spiro atoms. The van der Waals surface area contributed by atoms with Gasteiger partial charge >= 0.3 is 0 Å². The van der Waals surface area contributed by atoms with Gasteiger partial charge in [0.25, 0.3) is 0 Å². The molecule has 3 aliphatic rings. The van der Waals surface area contributed by atoms with Crippen LogP contribution in [0, 0.1) is 0 Å². The first-order valence-electron chi connectivity index (χ1n) is 6.82. The van der Waals surface area contributed by atoms with Gasteiger partial charge in [0.05, 0.1) is 11.0 Å². The Morgan fingerprint density at radius 2 is 2.11 bits per heavy atom. The minimum Gasteiger partial charge on any atom is -0.338 e. The molecule has 3 unspecified atom stereocenters. The summed E-state index contributed by atoms with van der Waals surface area (Å²) in [5, 5.41) is 3.11. The van der Waals surface area contributed by atoms with E-state index < -0.39 is 9.84 Å². The molecule has 0 bridgehead atoms. The summed E-state index contributed by atoms with van der Waals surface area (Å²) in [7, 11) is -2.88. The average molecular weight is 272 g/mol. The largest absolute Gasteiger partial charge is 0.338 e. The van der Waals surface area contributed by atoms with Crippen LogP contribution in [0.2, 0.25) is 0 Å². The minimum absolute atomic E-state index is 0.163. The van der Waals surface area contributed by atoms with Crippen LogP contribution in [0.25, 0.3) is 0 Å². The van der Waals surface area contributed by atoms with Crippen molar-refractivity contribution >= 4 is 15.7 Å². The van der Waals surface area contributed by atoms with E-state index in [-0.39, 0.29) is 17.2 Å². The van der Waals surface area contributed by atoms with Crippen molar-refractivity contribution in [1.82, 2.24) is 10.2 Å². The van der Waals surface area contributed by atoms with Crippen LogP contribution >= 0.6 is 0 Å². The van der Waals surface area contributed by atoms with Crippen LogP contribution in [-0.4, -0.2) is 55.4 Å². The molecule has 1 amide bonds. The Morgan fingerprint density at radius 1 is 1.28 bits per heavy atom. The minimum atomic E-state index is -2.88. The van der Waals surface area contributed by atoms with Crippen molar-refractivity contribution in [1.29, 1.82) is 0 Å². The van der Waals surface area contributed by atoms with Crippen LogP contribution in [0.3, 0.4) is 0 Å². The van der Waals surface area contributed by atoms with Crippen molar-refractivity contribution in [2.75, 3.05) is 18.8 Å². The third-order valence-electron chi connectivity index (χ3n) is 4.55. The van der Waals surface area contributed by atoms with Crippen molar-refractivity contribution in [3.8, 4) is 0 Å². The van der Waals surface area contributed by atoms with Crippen LogP contribution in [0.4, 0.5) is 0 Å². The highest BCUT2D eigenvalue weighted by atomic mass is 32.2. The molecule has 6 heteroatoms. The standard InChI is InChI=1S/C12H20N2O3S/c15-12-7-10(11-4-1-5-14(11)12)13-8-9-3-2-6-18(9,16)17/h9-11,13H,1-8H2. The molecular weight excluding hydrogens is 252 g/mol. The van der Waals surface area contributed by atoms with Crippen LogP contribution in [-0.2, 0) is 14.6 Å². The zero-order valence-electron chi connectivity index (χ0n) is 10.5. The van der Waals surface area contributed by atoms with Crippen LogP contribution in [0.1, 0.15) is 32.1 Å². The topological polar surface area (TPSA) is 66.5 Å². The van der Waals surface area contributed by atoms with Crippen molar-refractivity contribution in [2.45, 2.75) is 49.4 Å². The number of nitrogens with zero attached hydrogens (tertiary/aromatic N) is 1. The summed E-state index contributed by atoms with van der Waals surface area (Å²) in [6.07, 6.45) is 4.23. The molecule has 5 nitrogen and oxygen atoms in total. The number of fused-ring (bicyclic) bond motifs is 1. The highest BCUT2D eigenvalue weighted by Gasteiger charge is 2.42. The van der Waals surface area contributed by atoms with Crippen LogP contribution in [0.15, 0.2) is 0 Å². The molecular formula is C12H20N2O3S. The number of amides is 1. The molecule has 102 valence electrons. The zero-order chi connectivity index (χ0) is 12.8. The summed E-state index contributed by atoms with van der Waals surface area (Å²) in [4.78, 5) is 13.7. The van der Waals surface area contributed by atoms with Gasteiger partial charge in [0.2, 0.25) is 5.91 Å². The molecule has 3 fully saturated rings. The molecule has 3 heterocycles. The van der Waals surface area contributed by atoms with Crippen molar-refractivity contribution in [3.63, 3.8) is 0 Å². The molecule has 3 aliphatic heterocycles. The second-order valence-electron chi connectivity index (χ2n) is 5.65. The number of sulfone groups is 1. The molecule has 1 N–H and O–H groups in total. The van der Waals surface area contributed by atoms with E-state index >= 15 is 0 Å². The number of nitrogens with one attached hydrogen (secondary N) is 1. The van der Waals surface area contributed by atoms with E-state index in [4.69, 9.17) is 0 Å². The first kappa shape index (κ1) is 12.4. The van der Waals surface area contributed by atoms with Gasteiger partial charge in [-0.1, -0.05) is 0 Å². The summed E-state index contributed by atoms with van der Waals surface area (Å²) in [6.45, 7) is 1.40. The Balaban J connectivity index is 1.59. The van der Waals surface area contributed by atoms with Gasteiger partial charge in [0.1, 0.15) is 0 Å². The fraction of sp³-hybridized carbons (Fsp3) is 0.917. The van der Waals surface area contributed by atoms with Gasteiger partial charge in [0, 0.05) is 31.6 Å². The Hall–Kier alpha value is -0.620. The van der Waals surface area contributed by atoms with Crippen LogP contribution < -0.4 is 5.32 Å². The fourth-order valence-electron chi connectivity index (χ4n) is 3.54. The van der Waals surface area contributed by atoms with Crippen molar-refractivity contribution in [2.24, 2.45) is 0 Å². The molecule has 3 rings (SSSR count). The van der Waals surface area contributed by atoms with E-state index in [1.54, 1.807) is 0 Å². The maximum Gasteiger partial charge on any atom is 0.224 e. The third-order valence-corrected chi connectivity index (χ3v) is 6.82. The Labute approximate surface area is 108 Å². The lowest BCUT2D eigenvalue weighted by Crippen LogP contribution is -2.43. The third kappa shape index (κ3) is 2.05. The number of rotatable bonds is 3. The molecule has 0 aromatic rings. The summed E-state index contributed by atoms with van der Waals surface area (Å²) in [5.74, 6) is 0.558. The lowest BCUT2D eigenvalue weighted by atomic mass is 10.1. The Bertz CT molecular complexity index is 448. The SMILES string of the molecule is O=C1CC(NCC2CCCS2(=O)=O)C2CCCN12. The Morgan fingerprint density at radius 3 is 2.83 bits per heavy atom. The number of hydrogen-bond acceptors (Lipinski definition) is 4. The number of hydrogen-bond donors (Lipinski definition) is 1. The first-order chi connectivity index (χ1) is 8.58. The second kappa shape index (κ2) is 4.49. The molecule has 3 saturated heterocycles. The van der Waals surface area contributed by atoms with E-state index in [0.717, 1.165) is 32.2 Å². The molecule has 3 atom stereocenters. The molecule has 0 aliphatic carbocycles. The van der Waals surface area contributed by atoms with Gasteiger partial charge in [0.15, 0.2) is 9.84 Å². The summed E-state index contributed by atoms with van der Waals surface area (Å²) >= 11 is 0. The second-order valence-corrected chi connectivity index (χ2v) is 8.05. The summed E-state index contributed by atoms with van der Waals surface area (Å²) < 4.78 is 23.5. The van der Waals surface area contributed by atoms with E-state index in [2.05, 4.69) is 5.32 Å². The summed E-state index contributed by atoms with van der Waals surface area (Å²) in [6, 6.07) is 0.470. The predicted molar refractivity (Wildman–Crippen MR) is 68.0 cm³/mol. The quantitative estimate of drug-likeness (QED) is 0.780. The van der Waals surface area contributed by atoms with Gasteiger partial charge in [-0.2, -0.15) is 0 Å². The maximum atomic E-state index is 11.8. The molecule has 0 saturated carbocycles. The van der Waals surface area contributed by atoms with Gasteiger partial charge in [-0.25, -0.2) is 8.42 Å². The highest BCUT2D eigenvalue weighted by Crippen LogP contribution is 2.29. The lowest BCUT2D eigenvalue weighted by molar-refractivity contribution is -0.127. The van der Waals surface area contributed by atoms with E-state index in [1.165, 1.54) is 0 Å². The van der Waals surface area contributed by atoms with Gasteiger partial charge in [-0.15, -0.1) is 0 Å². The number of carbonyl (C=O) groups excluding carboxylic acids is 1. The van der Waals surface area contributed by atoms with E-state index in [1.807, 2.05) is 4.90 Å². The average Bonchev–Trinajstić information content (AvgIpc) is 2.95. The van der Waals surface area contributed by atoms with Gasteiger partial charge in [-0.05, 0) is 25.7 Å². The highest BCUT2D eigenvalue weighted by molar-refractivity contribution is 7.92. The van der Waals surface area contributed by atoms with Gasteiger partial charge in [-0.3, -0.25) is 4.79 Å². The van der Waals surface area contributed by atoms with Crippen molar-refractivity contribution < 1.29 is 13.2 Å². The lowest BCUT2D eigenvalue weighted by Gasteiger charge is -2.22. The van der Waals surface area contributed by atoms with Crippen molar-refractivity contribution in [3.05, 3.63) is 0 Å². The molecule has 18 heavy (non-hydrogen) atoms. The predicted octanol–water partition coefficient (Wildman–Crippen LogP) is -0.0835.